The lowest BCUT2D eigenvalue weighted by Crippen LogP contribution is -2.28. The zero-order valence-electron chi connectivity index (χ0n) is 12.5. The van der Waals surface area contributed by atoms with Gasteiger partial charge in [0.15, 0.2) is 0 Å². The van der Waals surface area contributed by atoms with Gasteiger partial charge in [-0.05, 0) is 18.2 Å². The molecule has 3 rings (SSSR count). The Morgan fingerprint density at radius 1 is 0.870 bits per heavy atom. The normalized spacial score (nSPS) is 11.2. The van der Waals surface area contributed by atoms with Gasteiger partial charge in [0.2, 0.25) is 5.95 Å². The maximum atomic E-state index is 12.6. The Hall–Kier alpha value is -2.73. The zero-order chi connectivity index (χ0) is 16.3. The summed E-state index contributed by atoms with van der Waals surface area (Å²) in [5, 5.41) is 0. The molecule has 0 saturated carbocycles. The monoisotopic (exact) mass is 325 g/mol. The van der Waals surface area contributed by atoms with Gasteiger partial charge in [-0.3, -0.25) is 0 Å². The first-order valence-electron chi connectivity index (χ1n) is 7.01. The Morgan fingerprint density at radius 3 is 2.13 bits per heavy atom. The van der Waals surface area contributed by atoms with Gasteiger partial charge in [0.1, 0.15) is 0 Å². The molecule has 23 heavy (non-hydrogen) atoms. The topological polar surface area (TPSA) is 63.2 Å². The lowest BCUT2D eigenvalue weighted by atomic mass is 10.1. The summed E-state index contributed by atoms with van der Waals surface area (Å²) < 4.78 is 26.3. The first kappa shape index (κ1) is 15.2. The SMILES string of the molecule is CN(c1nccc(-c2ccccc2)n1)S(=O)(=O)c1ccccc1. The standard InChI is InChI=1S/C17H15N3O2S/c1-20(23(21,22)15-10-6-3-7-11-15)17-18-13-12-16(19-17)14-8-4-2-5-9-14/h2-13H,1H3. The van der Waals surface area contributed by atoms with Crippen LogP contribution in [0, 0.1) is 0 Å². The van der Waals surface area contributed by atoms with E-state index in [0.717, 1.165) is 9.87 Å². The molecule has 0 bridgehead atoms. The molecule has 0 atom stereocenters. The molecule has 3 aromatic rings. The largest absolute Gasteiger partial charge is 0.266 e. The number of benzene rings is 2. The van der Waals surface area contributed by atoms with E-state index in [1.54, 1.807) is 42.6 Å². The van der Waals surface area contributed by atoms with Gasteiger partial charge < -0.3 is 0 Å². The summed E-state index contributed by atoms with van der Waals surface area (Å²) in [6.07, 6.45) is 1.56. The van der Waals surface area contributed by atoms with Crippen LogP contribution in [0.25, 0.3) is 11.3 Å². The van der Waals surface area contributed by atoms with Crippen LogP contribution in [0.4, 0.5) is 5.95 Å². The first-order chi connectivity index (χ1) is 11.1. The zero-order valence-corrected chi connectivity index (χ0v) is 13.3. The van der Waals surface area contributed by atoms with Crippen molar-refractivity contribution in [2.24, 2.45) is 0 Å². The predicted octanol–water partition coefficient (Wildman–Crippen LogP) is 2.97. The van der Waals surface area contributed by atoms with Crippen molar-refractivity contribution in [3.05, 3.63) is 72.9 Å². The summed E-state index contributed by atoms with van der Waals surface area (Å²) in [5.74, 6) is 0.134. The van der Waals surface area contributed by atoms with Crippen LogP contribution < -0.4 is 4.31 Å². The van der Waals surface area contributed by atoms with Crippen LogP contribution >= 0.6 is 0 Å². The molecule has 1 aromatic heterocycles. The number of aromatic nitrogens is 2. The summed E-state index contributed by atoms with van der Waals surface area (Å²) in [4.78, 5) is 8.67. The minimum Gasteiger partial charge on any atom is -0.237 e. The Kier molecular flexibility index (Phi) is 4.08. The van der Waals surface area contributed by atoms with E-state index in [-0.39, 0.29) is 10.8 Å². The van der Waals surface area contributed by atoms with Crippen LogP contribution in [0.5, 0.6) is 0 Å². The van der Waals surface area contributed by atoms with Gasteiger partial charge >= 0.3 is 0 Å². The fraction of sp³-hybridized carbons (Fsp3) is 0.0588. The molecule has 0 aliphatic heterocycles. The molecule has 116 valence electrons. The van der Waals surface area contributed by atoms with Crippen molar-refractivity contribution in [1.29, 1.82) is 0 Å². The third kappa shape index (κ3) is 3.07. The van der Waals surface area contributed by atoms with Gasteiger partial charge in [-0.1, -0.05) is 48.5 Å². The molecule has 6 heteroatoms. The smallest absolute Gasteiger partial charge is 0.237 e. The Labute approximate surface area is 135 Å². The van der Waals surface area contributed by atoms with Gasteiger partial charge in [-0.2, -0.15) is 0 Å². The highest BCUT2D eigenvalue weighted by Gasteiger charge is 2.23. The summed E-state index contributed by atoms with van der Waals surface area (Å²) >= 11 is 0. The highest BCUT2D eigenvalue weighted by atomic mass is 32.2. The van der Waals surface area contributed by atoms with E-state index in [1.165, 1.54) is 7.05 Å². The number of hydrogen-bond donors (Lipinski definition) is 0. The van der Waals surface area contributed by atoms with Gasteiger partial charge in [0, 0.05) is 18.8 Å². The third-order valence-corrected chi connectivity index (χ3v) is 5.15. The quantitative estimate of drug-likeness (QED) is 0.740. The van der Waals surface area contributed by atoms with Gasteiger partial charge in [0.25, 0.3) is 10.0 Å². The van der Waals surface area contributed by atoms with E-state index in [0.29, 0.717) is 5.69 Å². The Bertz CT molecular complexity index is 897. The van der Waals surface area contributed by atoms with E-state index in [1.807, 2.05) is 30.3 Å². The fourth-order valence-electron chi connectivity index (χ4n) is 2.13. The molecule has 0 spiro atoms. The van der Waals surface area contributed by atoms with E-state index in [4.69, 9.17) is 0 Å². The van der Waals surface area contributed by atoms with Crippen molar-refractivity contribution in [2.45, 2.75) is 4.90 Å². The van der Waals surface area contributed by atoms with Crippen LogP contribution in [0.3, 0.4) is 0 Å². The minimum absolute atomic E-state index is 0.134. The lowest BCUT2D eigenvalue weighted by molar-refractivity contribution is 0.593. The van der Waals surface area contributed by atoms with E-state index in [2.05, 4.69) is 9.97 Å². The molecule has 0 N–H and O–H groups in total. The van der Waals surface area contributed by atoms with Crippen molar-refractivity contribution < 1.29 is 8.42 Å². The molecule has 5 nitrogen and oxygen atoms in total. The van der Waals surface area contributed by atoms with Gasteiger partial charge in [-0.15, -0.1) is 0 Å². The molecule has 0 aliphatic rings. The number of hydrogen-bond acceptors (Lipinski definition) is 4. The summed E-state index contributed by atoms with van der Waals surface area (Å²) in [6.45, 7) is 0. The van der Waals surface area contributed by atoms with Crippen molar-refractivity contribution in [2.75, 3.05) is 11.4 Å². The summed E-state index contributed by atoms with van der Waals surface area (Å²) in [7, 11) is -2.23. The second-order valence-electron chi connectivity index (χ2n) is 4.89. The molecule has 0 saturated heterocycles. The predicted molar refractivity (Wildman–Crippen MR) is 89.5 cm³/mol. The number of rotatable bonds is 4. The highest BCUT2D eigenvalue weighted by Crippen LogP contribution is 2.22. The molecule has 1 heterocycles. The molecule has 0 radical (unpaired) electrons. The number of sulfonamides is 1. The number of anilines is 1. The molecule has 2 aromatic carbocycles. The summed E-state index contributed by atoms with van der Waals surface area (Å²) in [6, 6.07) is 19.5. The van der Waals surface area contributed by atoms with Crippen LogP contribution in [0.2, 0.25) is 0 Å². The maximum Gasteiger partial charge on any atom is 0.266 e. The van der Waals surface area contributed by atoms with Crippen LogP contribution in [0.15, 0.2) is 77.8 Å². The van der Waals surface area contributed by atoms with Gasteiger partial charge in [0.05, 0.1) is 10.6 Å². The molecule has 0 fully saturated rings. The van der Waals surface area contributed by atoms with Gasteiger partial charge in [-0.25, -0.2) is 22.7 Å². The molecular weight excluding hydrogens is 310 g/mol. The minimum atomic E-state index is -3.68. The van der Waals surface area contributed by atoms with Crippen LogP contribution in [0.1, 0.15) is 0 Å². The fourth-order valence-corrected chi connectivity index (χ4v) is 3.25. The highest BCUT2D eigenvalue weighted by molar-refractivity contribution is 7.92. The molecule has 0 aliphatic carbocycles. The van der Waals surface area contributed by atoms with Crippen LogP contribution in [-0.4, -0.2) is 25.4 Å². The van der Waals surface area contributed by atoms with Crippen molar-refractivity contribution in [3.8, 4) is 11.3 Å². The van der Waals surface area contributed by atoms with E-state index < -0.39 is 10.0 Å². The van der Waals surface area contributed by atoms with Crippen molar-refractivity contribution >= 4 is 16.0 Å². The van der Waals surface area contributed by atoms with E-state index >= 15 is 0 Å². The van der Waals surface area contributed by atoms with Crippen molar-refractivity contribution in [3.63, 3.8) is 0 Å². The first-order valence-corrected chi connectivity index (χ1v) is 8.45. The molecule has 0 amide bonds. The maximum absolute atomic E-state index is 12.6. The Morgan fingerprint density at radius 2 is 1.48 bits per heavy atom. The summed E-state index contributed by atoms with van der Waals surface area (Å²) in [5.41, 5.74) is 1.58. The molecule has 0 unspecified atom stereocenters. The average molecular weight is 325 g/mol. The van der Waals surface area contributed by atoms with Crippen LogP contribution in [-0.2, 0) is 10.0 Å². The third-order valence-electron chi connectivity index (χ3n) is 3.40. The second-order valence-corrected chi connectivity index (χ2v) is 6.86. The average Bonchev–Trinajstić information content (AvgIpc) is 2.62. The van der Waals surface area contributed by atoms with Crippen molar-refractivity contribution in [1.82, 2.24) is 9.97 Å². The van der Waals surface area contributed by atoms with E-state index in [9.17, 15) is 8.42 Å². The molecular formula is C17H15N3O2S. The Balaban J connectivity index is 1.99. The second kappa shape index (κ2) is 6.18. The lowest BCUT2D eigenvalue weighted by Gasteiger charge is -2.17. The number of nitrogens with zero attached hydrogens (tertiary/aromatic N) is 3.